The summed E-state index contributed by atoms with van der Waals surface area (Å²) in [5.41, 5.74) is 2.16. The second-order valence-corrected chi connectivity index (χ2v) is 9.35. The molecule has 0 aromatic carbocycles. The number of hydrogen-bond acceptors (Lipinski definition) is 4. The first-order chi connectivity index (χ1) is 12.9. The molecule has 0 radical (unpaired) electrons. The predicted molar refractivity (Wildman–Crippen MR) is 104 cm³/mol. The van der Waals surface area contributed by atoms with Crippen LogP contribution in [0, 0.1) is 35.0 Å². The third-order valence-electron chi connectivity index (χ3n) is 8.65. The lowest BCUT2D eigenvalue weighted by atomic mass is 9.52. The number of allylic oxidation sites excluding steroid dienone is 1. The Morgan fingerprint density at radius 1 is 1.07 bits per heavy atom. The second kappa shape index (κ2) is 6.88. The zero-order valence-electron chi connectivity index (χ0n) is 17.0. The summed E-state index contributed by atoms with van der Waals surface area (Å²) in [4.78, 5) is 0. The number of aliphatic hydroxyl groups excluding tert-OH is 1. The average Bonchev–Trinajstić information content (AvgIpc) is 2.97. The van der Waals surface area contributed by atoms with Gasteiger partial charge in [0.05, 0.1) is 0 Å². The van der Waals surface area contributed by atoms with Gasteiger partial charge in [-0.05, 0) is 62.7 Å². The average molecular weight is 375 g/mol. The molecule has 0 spiro atoms. The summed E-state index contributed by atoms with van der Waals surface area (Å²) in [6, 6.07) is 0. The van der Waals surface area contributed by atoms with Gasteiger partial charge in [-0.15, -0.1) is 0 Å². The lowest BCUT2D eigenvalue weighted by Crippen LogP contribution is -2.51. The molecule has 150 valence electrons. The summed E-state index contributed by atoms with van der Waals surface area (Å²) in [7, 11) is 3.53. The fourth-order valence-corrected chi connectivity index (χ4v) is 7.03. The van der Waals surface area contributed by atoms with E-state index in [2.05, 4.69) is 18.8 Å². The van der Waals surface area contributed by atoms with Gasteiger partial charge < -0.3 is 19.7 Å². The molecule has 0 heterocycles. The normalized spacial score (nSPS) is 42.6. The smallest absolute Gasteiger partial charge is 0.171 e. The monoisotopic (exact) mass is 374 g/mol. The van der Waals surface area contributed by atoms with E-state index in [4.69, 9.17) is 14.6 Å². The molecule has 0 amide bonds. The van der Waals surface area contributed by atoms with Crippen LogP contribution in [0.2, 0.25) is 0 Å². The molecule has 2 saturated carbocycles. The van der Waals surface area contributed by atoms with Crippen LogP contribution in [-0.2, 0) is 9.47 Å². The third-order valence-corrected chi connectivity index (χ3v) is 8.65. The van der Waals surface area contributed by atoms with Gasteiger partial charge in [0.25, 0.3) is 0 Å². The van der Waals surface area contributed by atoms with Gasteiger partial charge in [-0.2, -0.15) is 0 Å². The second-order valence-electron chi connectivity index (χ2n) is 9.35. The molecule has 0 aromatic rings. The van der Waals surface area contributed by atoms with Crippen molar-refractivity contribution < 1.29 is 19.7 Å². The van der Waals surface area contributed by atoms with Crippen molar-refractivity contribution in [2.75, 3.05) is 20.8 Å². The van der Waals surface area contributed by atoms with E-state index in [1.54, 1.807) is 25.4 Å². The maximum Gasteiger partial charge on any atom is 0.171 e. The minimum Gasteiger partial charge on any atom is -0.384 e. The topological polar surface area (TPSA) is 58.9 Å². The Bertz CT molecular complexity index is 682. The lowest BCUT2D eigenvalue weighted by Gasteiger charge is -2.54. The van der Waals surface area contributed by atoms with Crippen LogP contribution in [0.15, 0.2) is 11.1 Å². The van der Waals surface area contributed by atoms with Crippen molar-refractivity contribution in [3.63, 3.8) is 0 Å². The van der Waals surface area contributed by atoms with E-state index in [9.17, 15) is 5.11 Å². The molecule has 0 saturated heterocycles. The van der Waals surface area contributed by atoms with Gasteiger partial charge in [0.1, 0.15) is 12.2 Å². The number of rotatable bonds is 2. The van der Waals surface area contributed by atoms with Crippen LogP contribution in [0.4, 0.5) is 0 Å². The quantitative estimate of drug-likeness (QED) is 0.442. The van der Waals surface area contributed by atoms with E-state index in [0.29, 0.717) is 17.8 Å². The molecular weight excluding hydrogens is 340 g/mol. The Labute approximate surface area is 163 Å². The van der Waals surface area contributed by atoms with Gasteiger partial charge in [-0.1, -0.05) is 29.9 Å². The van der Waals surface area contributed by atoms with Crippen molar-refractivity contribution in [2.45, 2.75) is 76.1 Å². The van der Waals surface area contributed by atoms with Crippen molar-refractivity contribution >= 4 is 0 Å². The molecule has 4 aliphatic rings. The van der Waals surface area contributed by atoms with E-state index < -0.39 is 11.4 Å². The van der Waals surface area contributed by atoms with Gasteiger partial charge >= 0.3 is 0 Å². The first-order valence-corrected chi connectivity index (χ1v) is 10.6. The number of methoxy groups -OCH3 is 2. The Morgan fingerprint density at radius 2 is 1.85 bits per heavy atom. The Morgan fingerprint density at radius 3 is 2.56 bits per heavy atom. The highest BCUT2D eigenvalue weighted by atomic mass is 16.7. The molecule has 2 N–H and O–H groups in total. The largest absolute Gasteiger partial charge is 0.384 e. The summed E-state index contributed by atoms with van der Waals surface area (Å²) in [6.45, 7) is 2.07. The summed E-state index contributed by atoms with van der Waals surface area (Å²) in [6.07, 6.45) is 9.23. The predicted octanol–water partition coefficient (Wildman–Crippen LogP) is 3.42. The number of hydrogen-bond donors (Lipinski definition) is 2. The highest BCUT2D eigenvalue weighted by molar-refractivity contribution is 5.31. The van der Waals surface area contributed by atoms with Crippen molar-refractivity contribution in [1.82, 2.24) is 0 Å². The van der Waals surface area contributed by atoms with Crippen LogP contribution in [0.5, 0.6) is 0 Å². The summed E-state index contributed by atoms with van der Waals surface area (Å²) < 4.78 is 11.5. The van der Waals surface area contributed by atoms with Crippen LogP contribution in [-0.4, -0.2) is 42.4 Å². The van der Waals surface area contributed by atoms with Gasteiger partial charge in [0.2, 0.25) is 0 Å². The Hall–Kier alpha value is -0.860. The lowest BCUT2D eigenvalue weighted by molar-refractivity contribution is -0.213. The van der Waals surface area contributed by atoms with Crippen LogP contribution in [0.25, 0.3) is 0 Å². The van der Waals surface area contributed by atoms with E-state index >= 15 is 0 Å². The molecule has 5 atom stereocenters. The van der Waals surface area contributed by atoms with E-state index in [0.717, 1.165) is 51.4 Å². The molecule has 0 aromatic heterocycles. The van der Waals surface area contributed by atoms with Gasteiger partial charge in [0.15, 0.2) is 5.79 Å². The fourth-order valence-electron chi connectivity index (χ4n) is 7.03. The molecule has 4 nitrogen and oxygen atoms in total. The Balaban J connectivity index is 1.60. The molecule has 0 unspecified atom stereocenters. The molecule has 0 bridgehead atoms. The van der Waals surface area contributed by atoms with Crippen LogP contribution < -0.4 is 0 Å². The van der Waals surface area contributed by atoms with Crippen LogP contribution >= 0.6 is 0 Å². The van der Waals surface area contributed by atoms with Gasteiger partial charge in [-0.3, -0.25) is 0 Å². The first kappa shape index (κ1) is 19.5. The van der Waals surface area contributed by atoms with Gasteiger partial charge in [0, 0.05) is 32.5 Å². The zero-order valence-corrected chi connectivity index (χ0v) is 17.0. The highest BCUT2D eigenvalue weighted by Crippen LogP contribution is 2.64. The molecule has 2 fully saturated rings. The maximum atomic E-state index is 11.3. The highest BCUT2D eigenvalue weighted by Gasteiger charge is 2.61. The first-order valence-electron chi connectivity index (χ1n) is 10.6. The van der Waals surface area contributed by atoms with Crippen molar-refractivity contribution in [2.24, 2.45) is 23.2 Å². The molecule has 4 aliphatic carbocycles. The van der Waals surface area contributed by atoms with Crippen molar-refractivity contribution in [3.8, 4) is 11.8 Å². The van der Waals surface area contributed by atoms with Crippen molar-refractivity contribution in [1.29, 1.82) is 0 Å². The minimum atomic E-state index is -0.937. The molecule has 27 heavy (non-hydrogen) atoms. The molecule has 4 rings (SSSR count). The standard InChI is InChI=1S/C23H34O4/c1-21-11-7-18-17-8-13-23(26-2,27-3)15-16(17)5-6-19(18)20(21)9-12-22(21,25)10-4-14-24/h18-20,24-25H,5-9,11-15H2,1-3H3/t18-,19-,20+,21+,22+/m1/s1. The fraction of sp³-hybridized carbons (Fsp3) is 0.826. The number of aliphatic hydroxyl groups is 2. The molecular formula is C23H34O4. The number of fused-ring (bicyclic) bond motifs is 4. The molecule has 0 aliphatic heterocycles. The third kappa shape index (κ3) is 2.82. The minimum absolute atomic E-state index is 0.147. The maximum absolute atomic E-state index is 11.3. The van der Waals surface area contributed by atoms with Crippen LogP contribution in [0.3, 0.4) is 0 Å². The van der Waals surface area contributed by atoms with Gasteiger partial charge in [-0.25, -0.2) is 0 Å². The summed E-state index contributed by atoms with van der Waals surface area (Å²) >= 11 is 0. The van der Waals surface area contributed by atoms with E-state index in [1.807, 2.05) is 0 Å². The summed E-state index contributed by atoms with van der Waals surface area (Å²) in [5.74, 6) is 7.20. The number of ether oxygens (including phenoxy) is 2. The van der Waals surface area contributed by atoms with Crippen molar-refractivity contribution in [3.05, 3.63) is 11.1 Å². The SMILES string of the molecule is COC1(OC)CCC2=C(CC[C@@H]3[C@@H]2CC[C@@]2(C)[C@H]3CC[C@@]2(O)C#CCO)C1. The van der Waals surface area contributed by atoms with Crippen LogP contribution in [0.1, 0.15) is 64.7 Å². The van der Waals surface area contributed by atoms with E-state index in [-0.39, 0.29) is 12.0 Å². The molecule has 4 heteroatoms. The Kier molecular flexibility index (Phi) is 4.96. The summed E-state index contributed by atoms with van der Waals surface area (Å²) in [5, 5.41) is 20.4. The van der Waals surface area contributed by atoms with E-state index in [1.165, 1.54) is 6.42 Å². The zero-order chi connectivity index (χ0) is 19.3.